The summed E-state index contributed by atoms with van der Waals surface area (Å²) in [6.07, 6.45) is 8.49. The van der Waals surface area contributed by atoms with Crippen molar-refractivity contribution >= 4 is 5.91 Å². The minimum atomic E-state index is -0.0562. The predicted molar refractivity (Wildman–Crippen MR) is 99.1 cm³/mol. The molecule has 1 atom stereocenters. The summed E-state index contributed by atoms with van der Waals surface area (Å²) < 4.78 is 13.0. The van der Waals surface area contributed by atoms with E-state index in [1.165, 1.54) is 0 Å². The predicted octanol–water partition coefficient (Wildman–Crippen LogP) is 2.17. The molecule has 4 rings (SSSR count). The Kier molecular flexibility index (Phi) is 5.43. The highest BCUT2D eigenvalue weighted by Gasteiger charge is 2.26. The summed E-state index contributed by atoms with van der Waals surface area (Å²) in [5, 5.41) is 8.14. The van der Waals surface area contributed by atoms with Crippen LogP contribution in [-0.4, -0.2) is 54.9 Å². The average Bonchev–Trinajstić information content (AvgIpc) is 3.42. The van der Waals surface area contributed by atoms with Gasteiger partial charge in [0, 0.05) is 38.2 Å². The van der Waals surface area contributed by atoms with Crippen LogP contribution in [-0.2, 0) is 17.9 Å². The van der Waals surface area contributed by atoms with Crippen LogP contribution >= 0.6 is 0 Å². The Balaban J connectivity index is 1.33. The number of carbonyl (C=O) groups is 1. The molecule has 3 aromatic heterocycles. The molecule has 9 heteroatoms. The van der Waals surface area contributed by atoms with Gasteiger partial charge in [0.2, 0.25) is 0 Å². The molecule has 1 aliphatic rings. The molecule has 146 valence electrons. The van der Waals surface area contributed by atoms with Gasteiger partial charge in [0.25, 0.3) is 11.8 Å². The molecule has 1 aliphatic heterocycles. The number of likely N-dealkylation sites (tertiary alicyclic amines) is 1. The molecule has 0 aromatic carbocycles. The van der Waals surface area contributed by atoms with Gasteiger partial charge in [-0.15, -0.1) is 0 Å². The highest BCUT2D eigenvalue weighted by molar-refractivity contribution is 5.93. The van der Waals surface area contributed by atoms with Crippen molar-refractivity contribution in [2.75, 3.05) is 13.1 Å². The van der Waals surface area contributed by atoms with Gasteiger partial charge >= 0.3 is 0 Å². The number of hydrogen-bond acceptors (Lipinski definition) is 7. The van der Waals surface area contributed by atoms with E-state index >= 15 is 0 Å². The number of pyridine rings is 1. The van der Waals surface area contributed by atoms with Crippen LogP contribution in [0.1, 0.15) is 35.9 Å². The smallest absolute Gasteiger partial charge is 0.259 e. The van der Waals surface area contributed by atoms with E-state index < -0.39 is 0 Å². The van der Waals surface area contributed by atoms with Crippen LogP contribution in [0.15, 0.2) is 41.4 Å². The molecular weight excluding hydrogens is 360 g/mol. The lowest BCUT2D eigenvalue weighted by atomic mass is 10.1. The second kappa shape index (κ2) is 8.30. The molecule has 3 aromatic rings. The molecule has 9 nitrogen and oxygen atoms in total. The van der Waals surface area contributed by atoms with Crippen LogP contribution in [0.3, 0.4) is 0 Å². The van der Waals surface area contributed by atoms with Gasteiger partial charge in [-0.05, 0) is 31.9 Å². The second-order valence-corrected chi connectivity index (χ2v) is 6.67. The van der Waals surface area contributed by atoms with Crippen molar-refractivity contribution in [3.8, 4) is 11.5 Å². The lowest BCUT2D eigenvalue weighted by molar-refractivity contribution is -0.00961. The zero-order valence-corrected chi connectivity index (χ0v) is 15.7. The lowest BCUT2D eigenvalue weighted by Gasteiger charge is -2.32. The number of aromatic nitrogens is 5. The number of rotatable bonds is 6. The molecule has 1 unspecified atom stereocenters. The number of piperidine rings is 1. The van der Waals surface area contributed by atoms with Crippen LogP contribution in [0.2, 0.25) is 0 Å². The summed E-state index contributed by atoms with van der Waals surface area (Å²) in [6.45, 7) is 4.24. The third kappa shape index (κ3) is 4.09. The largest absolute Gasteiger partial charge is 0.368 e. The normalized spacial score (nSPS) is 17.0. The van der Waals surface area contributed by atoms with Crippen molar-refractivity contribution in [2.24, 2.45) is 0 Å². The zero-order valence-electron chi connectivity index (χ0n) is 15.7. The Morgan fingerprint density at radius 3 is 3.11 bits per heavy atom. The Hall–Kier alpha value is -3.07. The molecule has 4 heterocycles. The van der Waals surface area contributed by atoms with Crippen LogP contribution < -0.4 is 0 Å². The van der Waals surface area contributed by atoms with Crippen molar-refractivity contribution in [2.45, 2.75) is 39.0 Å². The maximum absolute atomic E-state index is 12.7. The molecule has 1 saturated heterocycles. The SMILES string of the molecule is CCn1cc(C(=O)N2CCCC(OCc3noc(-c4cccnc4)n3)C2)cn1. The zero-order chi connectivity index (χ0) is 19.3. The van der Waals surface area contributed by atoms with Gasteiger partial charge in [0.05, 0.1) is 23.4 Å². The van der Waals surface area contributed by atoms with Gasteiger partial charge < -0.3 is 14.2 Å². The summed E-state index contributed by atoms with van der Waals surface area (Å²) in [4.78, 5) is 22.9. The topological polar surface area (TPSA) is 99.2 Å². The fourth-order valence-corrected chi connectivity index (χ4v) is 3.20. The first-order valence-corrected chi connectivity index (χ1v) is 9.39. The summed E-state index contributed by atoms with van der Waals surface area (Å²) in [7, 11) is 0. The van der Waals surface area contributed by atoms with Crippen LogP contribution in [0.4, 0.5) is 0 Å². The summed E-state index contributed by atoms with van der Waals surface area (Å²) in [6, 6.07) is 3.67. The van der Waals surface area contributed by atoms with Crippen molar-refractivity contribution in [3.05, 3.63) is 48.3 Å². The Bertz CT molecular complexity index is 923. The first-order valence-electron chi connectivity index (χ1n) is 9.39. The molecule has 28 heavy (non-hydrogen) atoms. The van der Waals surface area contributed by atoms with Crippen LogP contribution in [0.5, 0.6) is 0 Å². The summed E-state index contributed by atoms with van der Waals surface area (Å²) in [5.74, 6) is 0.887. The average molecular weight is 382 g/mol. The number of hydrogen-bond donors (Lipinski definition) is 0. The monoisotopic (exact) mass is 382 g/mol. The highest BCUT2D eigenvalue weighted by atomic mass is 16.5. The summed E-state index contributed by atoms with van der Waals surface area (Å²) >= 11 is 0. The van der Waals surface area contributed by atoms with E-state index in [0.717, 1.165) is 31.5 Å². The number of amides is 1. The van der Waals surface area contributed by atoms with Crippen LogP contribution in [0.25, 0.3) is 11.5 Å². The van der Waals surface area contributed by atoms with E-state index in [1.54, 1.807) is 29.5 Å². The quantitative estimate of drug-likeness (QED) is 0.644. The van der Waals surface area contributed by atoms with E-state index in [-0.39, 0.29) is 18.6 Å². The second-order valence-electron chi connectivity index (χ2n) is 6.67. The molecular formula is C19H22N6O3. The molecule has 0 aliphatic carbocycles. The number of aryl methyl sites for hydroxylation is 1. The maximum atomic E-state index is 12.7. The first kappa shape index (κ1) is 18.3. The molecule has 0 spiro atoms. The third-order valence-electron chi connectivity index (χ3n) is 4.69. The molecule has 0 radical (unpaired) electrons. The maximum Gasteiger partial charge on any atom is 0.259 e. The van der Waals surface area contributed by atoms with E-state index in [4.69, 9.17) is 9.26 Å². The standard InChI is InChI=1S/C19H22N6O3/c1-2-25-11-15(10-21-25)19(26)24-8-4-6-16(12-24)27-13-17-22-18(28-23-17)14-5-3-7-20-9-14/h3,5,7,9-11,16H,2,4,6,8,12-13H2,1H3. The number of ether oxygens (including phenoxy) is 1. The van der Waals surface area contributed by atoms with E-state index in [0.29, 0.717) is 23.8 Å². The summed E-state index contributed by atoms with van der Waals surface area (Å²) in [5.41, 5.74) is 1.38. The highest BCUT2D eigenvalue weighted by Crippen LogP contribution is 2.19. The van der Waals surface area contributed by atoms with Gasteiger partial charge in [-0.3, -0.25) is 14.5 Å². The van der Waals surface area contributed by atoms with E-state index in [2.05, 4.69) is 20.2 Å². The number of nitrogens with zero attached hydrogens (tertiary/aromatic N) is 6. The Morgan fingerprint density at radius 2 is 2.32 bits per heavy atom. The first-order chi connectivity index (χ1) is 13.7. The lowest BCUT2D eigenvalue weighted by Crippen LogP contribution is -2.43. The van der Waals surface area contributed by atoms with Crippen molar-refractivity contribution in [3.63, 3.8) is 0 Å². The fourth-order valence-electron chi connectivity index (χ4n) is 3.20. The molecule has 0 saturated carbocycles. The van der Waals surface area contributed by atoms with Crippen molar-refractivity contribution < 1.29 is 14.1 Å². The van der Waals surface area contributed by atoms with Gasteiger partial charge in [0.15, 0.2) is 5.82 Å². The van der Waals surface area contributed by atoms with Crippen LogP contribution in [0, 0.1) is 0 Å². The Morgan fingerprint density at radius 1 is 1.39 bits per heavy atom. The Labute approximate surface area is 162 Å². The molecule has 0 N–H and O–H groups in total. The van der Waals surface area contributed by atoms with Gasteiger partial charge in [0.1, 0.15) is 6.61 Å². The van der Waals surface area contributed by atoms with Crippen molar-refractivity contribution in [1.82, 2.24) is 29.8 Å². The molecule has 0 bridgehead atoms. The number of carbonyl (C=O) groups excluding carboxylic acids is 1. The van der Waals surface area contributed by atoms with E-state index in [1.807, 2.05) is 24.0 Å². The van der Waals surface area contributed by atoms with Gasteiger partial charge in [-0.25, -0.2) is 0 Å². The van der Waals surface area contributed by atoms with Crippen molar-refractivity contribution in [1.29, 1.82) is 0 Å². The van der Waals surface area contributed by atoms with Gasteiger partial charge in [-0.1, -0.05) is 5.16 Å². The minimum Gasteiger partial charge on any atom is -0.368 e. The third-order valence-corrected chi connectivity index (χ3v) is 4.69. The fraction of sp³-hybridized carbons (Fsp3) is 0.421. The minimum absolute atomic E-state index is 0.00794. The van der Waals surface area contributed by atoms with E-state index in [9.17, 15) is 4.79 Å². The molecule has 1 fully saturated rings. The van der Waals surface area contributed by atoms with Gasteiger partial charge in [-0.2, -0.15) is 10.1 Å². The molecule has 1 amide bonds.